The van der Waals surface area contributed by atoms with Gasteiger partial charge in [-0.05, 0) is 54.2 Å². The van der Waals surface area contributed by atoms with Gasteiger partial charge in [0, 0.05) is 24.6 Å². The molecule has 0 spiro atoms. The lowest BCUT2D eigenvalue weighted by atomic mass is 9.83. The van der Waals surface area contributed by atoms with Gasteiger partial charge in [0.25, 0.3) is 0 Å². The molecule has 5 heteroatoms. The first-order valence-corrected chi connectivity index (χ1v) is 10.5. The highest BCUT2D eigenvalue weighted by molar-refractivity contribution is 5.86. The van der Waals surface area contributed by atoms with Crippen LogP contribution in [0.1, 0.15) is 42.5 Å². The van der Waals surface area contributed by atoms with Crippen molar-refractivity contribution >= 4 is 22.6 Å². The number of aromatic nitrogens is 1. The van der Waals surface area contributed by atoms with Crippen molar-refractivity contribution in [1.29, 1.82) is 0 Å². The average Bonchev–Trinajstić information content (AvgIpc) is 3.12. The summed E-state index contributed by atoms with van der Waals surface area (Å²) < 4.78 is 0. The van der Waals surface area contributed by atoms with E-state index in [0.29, 0.717) is 25.8 Å². The molecule has 0 bridgehead atoms. The van der Waals surface area contributed by atoms with Gasteiger partial charge in [0.2, 0.25) is 11.8 Å². The molecule has 0 saturated carbocycles. The Labute approximate surface area is 176 Å². The molecule has 5 nitrogen and oxygen atoms in total. The fraction of sp³-hybridized carbons (Fsp3) is 0.320. The molecule has 2 N–H and O–H groups in total. The number of hydrogen-bond acceptors (Lipinski definition) is 3. The molecule has 2 heterocycles. The zero-order chi connectivity index (χ0) is 21.0. The maximum absolute atomic E-state index is 12.5. The van der Waals surface area contributed by atoms with Gasteiger partial charge in [0.1, 0.15) is 0 Å². The fourth-order valence-corrected chi connectivity index (χ4v) is 4.32. The first-order chi connectivity index (χ1) is 14.5. The number of nitrogens with one attached hydrogen (secondary N) is 2. The van der Waals surface area contributed by atoms with E-state index in [0.717, 1.165) is 24.1 Å². The first-order valence-electron chi connectivity index (χ1n) is 10.5. The average molecular weight is 402 g/mol. The summed E-state index contributed by atoms with van der Waals surface area (Å²) in [5, 5.41) is 8.56. The molecule has 1 fully saturated rings. The van der Waals surface area contributed by atoms with E-state index in [1.54, 1.807) is 6.20 Å². The van der Waals surface area contributed by atoms with Crippen LogP contribution in [-0.2, 0) is 22.6 Å². The van der Waals surface area contributed by atoms with Crippen molar-refractivity contribution in [3.8, 4) is 0 Å². The molecule has 0 radical (unpaired) electrons. The maximum atomic E-state index is 12.5. The number of amides is 2. The summed E-state index contributed by atoms with van der Waals surface area (Å²) in [6, 6.07) is 18.5. The minimum absolute atomic E-state index is 0.0153. The Morgan fingerprint density at radius 3 is 2.77 bits per heavy atom. The van der Waals surface area contributed by atoms with Crippen molar-refractivity contribution in [3.05, 3.63) is 77.6 Å². The number of hydrogen-bond donors (Lipinski definition) is 2. The summed E-state index contributed by atoms with van der Waals surface area (Å²) in [6.45, 7) is 2.41. The van der Waals surface area contributed by atoms with E-state index in [4.69, 9.17) is 0 Å². The second kappa shape index (κ2) is 8.66. The van der Waals surface area contributed by atoms with Gasteiger partial charge < -0.3 is 10.6 Å². The lowest BCUT2D eigenvalue weighted by Crippen LogP contribution is -2.44. The fourth-order valence-electron chi connectivity index (χ4n) is 4.32. The van der Waals surface area contributed by atoms with Gasteiger partial charge in [-0.25, -0.2) is 0 Å². The zero-order valence-electron chi connectivity index (χ0n) is 17.3. The Hall–Kier alpha value is -3.21. The third kappa shape index (κ3) is 4.51. The molecule has 1 aliphatic rings. The van der Waals surface area contributed by atoms with Crippen LogP contribution in [0.5, 0.6) is 0 Å². The predicted octanol–water partition coefficient (Wildman–Crippen LogP) is 3.83. The first kappa shape index (κ1) is 20.1. The minimum Gasteiger partial charge on any atom is -0.350 e. The third-order valence-electron chi connectivity index (χ3n) is 6.05. The summed E-state index contributed by atoms with van der Waals surface area (Å²) in [5.41, 5.74) is 2.78. The van der Waals surface area contributed by atoms with Crippen molar-refractivity contribution < 1.29 is 9.59 Å². The molecular weight excluding hydrogens is 374 g/mol. The van der Waals surface area contributed by atoms with Gasteiger partial charge >= 0.3 is 0 Å². The van der Waals surface area contributed by atoms with Crippen LogP contribution in [0.2, 0.25) is 0 Å². The van der Waals surface area contributed by atoms with E-state index in [1.807, 2.05) is 31.2 Å². The van der Waals surface area contributed by atoms with Crippen molar-refractivity contribution in [2.45, 2.75) is 51.1 Å². The van der Waals surface area contributed by atoms with Crippen LogP contribution < -0.4 is 10.6 Å². The van der Waals surface area contributed by atoms with Gasteiger partial charge in [-0.15, -0.1) is 0 Å². The molecule has 154 valence electrons. The van der Waals surface area contributed by atoms with Crippen LogP contribution in [-0.4, -0.2) is 22.3 Å². The molecule has 0 unspecified atom stereocenters. The highest BCUT2D eigenvalue weighted by Crippen LogP contribution is 2.32. The molecule has 1 aromatic heterocycles. The second-order valence-corrected chi connectivity index (χ2v) is 8.19. The molecule has 1 atom stereocenters. The predicted molar refractivity (Wildman–Crippen MR) is 118 cm³/mol. The third-order valence-corrected chi connectivity index (χ3v) is 6.05. The van der Waals surface area contributed by atoms with Gasteiger partial charge in [0.15, 0.2) is 0 Å². The Bertz CT molecular complexity index is 1070. The highest BCUT2D eigenvalue weighted by atomic mass is 16.2. The molecule has 4 rings (SSSR count). The van der Waals surface area contributed by atoms with Crippen molar-refractivity contribution in [2.75, 3.05) is 0 Å². The number of carbonyl (C=O) groups is 2. The summed E-state index contributed by atoms with van der Waals surface area (Å²) >= 11 is 0. The second-order valence-electron chi connectivity index (χ2n) is 8.19. The molecule has 1 saturated heterocycles. The summed E-state index contributed by atoms with van der Waals surface area (Å²) in [7, 11) is 0. The number of carbonyl (C=O) groups excluding carboxylic acids is 2. The van der Waals surface area contributed by atoms with E-state index in [-0.39, 0.29) is 17.4 Å². The molecule has 0 aliphatic carbocycles. The smallest absolute Gasteiger partial charge is 0.220 e. The minimum atomic E-state index is -0.376. The van der Waals surface area contributed by atoms with Crippen LogP contribution in [0.15, 0.2) is 60.8 Å². The molecule has 2 aromatic carbocycles. The molecule has 3 aromatic rings. The number of aryl methyl sites for hydroxylation is 1. The quantitative estimate of drug-likeness (QED) is 0.632. The Kier molecular flexibility index (Phi) is 5.79. The zero-order valence-corrected chi connectivity index (χ0v) is 17.3. The molecule has 1 aliphatic heterocycles. The van der Waals surface area contributed by atoms with Gasteiger partial charge in [-0.3, -0.25) is 14.6 Å². The Balaban J connectivity index is 1.44. The normalized spacial score (nSPS) is 18.4. The number of pyridine rings is 1. The van der Waals surface area contributed by atoms with Crippen LogP contribution >= 0.6 is 0 Å². The van der Waals surface area contributed by atoms with Gasteiger partial charge in [0.05, 0.1) is 12.2 Å². The van der Waals surface area contributed by atoms with E-state index < -0.39 is 0 Å². The lowest BCUT2D eigenvalue weighted by molar-refractivity contribution is -0.122. The number of rotatable bonds is 7. The van der Waals surface area contributed by atoms with E-state index in [1.165, 1.54) is 16.3 Å². The SMILES string of the molecule is Cc1cccnc1CNC(=O)CC[C@]1(Cc2cccc3ccccc23)CCC(=O)N1. The Morgan fingerprint density at radius 1 is 1.13 bits per heavy atom. The largest absolute Gasteiger partial charge is 0.350 e. The van der Waals surface area contributed by atoms with E-state index in [2.05, 4.69) is 45.9 Å². The van der Waals surface area contributed by atoms with E-state index >= 15 is 0 Å². The van der Waals surface area contributed by atoms with Gasteiger partial charge in [-0.1, -0.05) is 48.5 Å². The summed E-state index contributed by atoms with van der Waals surface area (Å²) in [4.78, 5) is 28.9. The van der Waals surface area contributed by atoms with Crippen molar-refractivity contribution in [1.82, 2.24) is 15.6 Å². The molecule has 30 heavy (non-hydrogen) atoms. The number of nitrogens with zero attached hydrogens (tertiary/aromatic N) is 1. The molecule has 2 amide bonds. The van der Waals surface area contributed by atoms with Crippen LogP contribution in [0, 0.1) is 6.92 Å². The van der Waals surface area contributed by atoms with E-state index in [9.17, 15) is 9.59 Å². The standard InChI is InChI=1S/C25H27N3O2/c1-18-6-5-15-26-22(18)17-27-23(29)11-13-25(14-12-24(30)28-25)16-20-9-4-8-19-7-2-3-10-21(19)20/h2-10,15H,11-14,16-17H2,1H3,(H,27,29)(H,28,30)/t25-/m1/s1. The summed E-state index contributed by atoms with van der Waals surface area (Å²) in [6.07, 6.45) is 4.72. The highest BCUT2D eigenvalue weighted by Gasteiger charge is 2.38. The number of benzene rings is 2. The lowest BCUT2D eigenvalue weighted by Gasteiger charge is -2.30. The van der Waals surface area contributed by atoms with Gasteiger partial charge in [-0.2, -0.15) is 0 Å². The van der Waals surface area contributed by atoms with Crippen molar-refractivity contribution in [3.63, 3.8) is 0 Å². The molecular formula is C25H27N3O2. The van der Waals surface area contributed by atoms with Crippen LogP contribution in [0.3, 0.4) is 0 Å². The maximum Gasteiger partial charge on any atom is 0.220 e. The van der Waals surface area contributed by atoms with Crippen LogP contribution in [0.25, 0.3) is 10.8 Å². The van der Waals surface area contributed by atoms with Crippen LogP contribution in [0.4, 0.5) is 0 Å². The number of fused-ring (bicyclic) bond motifs is 1. The Morgan fingerprint density at radius 2 is 1.97 bits per heavy atom. The topological polar surface area (TPSA) is 71.1 Å². The van der Waals surface area contributed by atoms with Crippen molar-refractivity contribution in [2.24, 2.45) is 0 Å². The summed E-state index contributed by atoms with van der Waals surface area (Å²) in [5.74, 6) is 0.0539. The monoisotopic (exact) mass is 401 g/mol.